The number of hydrogen-bond acceptors (Lipinski definition) is 7. The van der Waals surface area contributed by atoms with Crippen LogP contribution in [0.15, 0.2) is 10.7 Å². The molecule has 8 nitrogen and oxygen atoms in total. The van der Waals surface area contributed by atoms with E-state index in [4.69, 9.17) is 9.40 Å². The standard InChI is InChI=1S/C24H32N6O2/c1-4-25-21-15-8-9-24(2,3)13-16(15)18-19-20(32-23(18)29-21)22(28-14-27-19)26-10-6-12-30-11-5-7-17(30)31/h14H,4-13H2,1-3H3,(H,25,29)(H,26,27,28). The minimum Gasteiger partial charge on any atom is -0.432 e. The molecule has 1 amide bonds. The predicted molar refractivity (Wildman–Crippen MR) is 126 cm³/mol. The Morgan fingerprint density at radius 3 is 2.81 bits per heavy atom. The van der Waals surface area contributed by atoms with Crippen molar-refractivity contribution in [2.75, 3.05) is 36.8 Å². The number of furan rings is 1. The average molecular weight is 437 g/mol. The monoisotopic (exact) mass is 436 g/mol. The van der Waals surface area contributed by atoms with Crippen molar-refractivity contribution < 1.29 is 9.21 Å². The second-order valence-electron chi connectivity index (χ2n) is 9.74. The fourth-order valence-corrected chi connectivity index (χ4v) is 5.06. The van der Waals surface area contributed by atoms with E-state index < -0.39 is 0 Å². The molecule has 0 bridgehead atoms. The normalized spacial score (nSPS) is 17.8. The van der Waals surface area contributed by atoms with Gasteiger partial charge in [-0.25, -0.2) is 9.97 Å². The Kier molecular flexibility index (Phi) is 5.39. The number of aromatic nitrogens is 3. The number of hydrogen-bond donors (Lipinski definition) is 2. The first kappa shape index (κ1) is 21.0. The molecule has 2 aliphatic rings. The zero-order chi connectivity index (χ0) is 22.3. The summed E-state index contributed by atoms with van der Waals surface area (Å²) in [6.45, 7) is 9.93. The van der Waals surface area contributed by atoms with Crippen LogP contribution in [-0.2, 0) is 17.6 Å². The zero-order valence-electron chi connectivity index (χ0n) is 19.3. The Bertz CT molecular complexity index is 1170. The van der Waals surface area contributed by atoms with Gasteiger partial charge in [-0.2, -0.15) is 4.98 Å². The fourth-order valence-electron chi connectivity index (χ4n) is 5.06. The van der Waals surface area contributed by atoms with Gasteiger partial charge in [-0.3, -0.25) is 4.79 Å². The number of carbonyl (C=O) groups is 1. The summed E-state index contributed by atoms with van der Waals surface area (Å²) in [5.41, 5.74) is 4.94. The zero-order valence-corrected chi connectivity index (χ0v) is 19.3. The Balaban J connectivity index is 1.47. The molecule has 1 aliphatic heterocycles. The van der Waals surface area contributed by atoms with Crippen LogP contribution in [0.1, 0.15) is 57.6 Å². The number of nitrogens with zero attached hydrogens (tertiary/aromatic N) is 4. The quantitative estimate of drug-likeness (QED) is 0.537. The van der Waals surface area contributed by atoms with Crippen molar-refractivity contribution in [1.82, 2.24) is 19.9 Å². The number of rotatable bonds is 7. The van der Waals surface area contributed by atoms with Gasteiger partial charge in [0.25, 0.3) is 0 Å². The Morgan fingerprint density at radius 1 is 1.16 bits per heavy atom. The van der Waals surface area contributed by atoms with E-state index in [1.54, 1.807) is 6.33 Å². The van der Waals surface area contributed by atoms with Crippen molar-refractivity contribution in [2.45, 2.75) is 59.3 Å². The largest absolute Gasteiger partial charge is 0.432 e. The molecule has 8 heteroatoms. The smallest absolute Gasteiger partial charge is 0.231 e. The second kappa shape index (κ2) is 8.22. The third-order valence-corrected chi connectivity index (χ3v) is 6.74. The highest BCUT2D eigenvalue weighted by molar-refractivity contribution is 6.07. The first-order valence-electron chi connectivity index (χ1n) is 11.8. The lowest BCUT2D eigenvalue weighted by molar-refractivity contribution is -0.127. The molecule has 3 aromatic rings. The van der Waals surface area contributed by atoms with Crippen molar-refractivity contribution in [1.29, 1.82) is 0 Å². The van der Waals surface area contributed by atoms with E-state index in [1.807, 2.05) is 4.90 Å². The summed E-state index contributed by atoms with van der Waals surface area (Å²) in [4.78, 5) is 27.6. The summed E-state index contributed by atoms with van der Waals surface area (Å²) >= 11 is 0. The molecule has 32 heavy (non-hydrogen) atoms. The molecular weight excluding hydrogens is 404 g/mol. The molecular formula is C24H32N6O2. The van der Waals surface area contributed by atoms with Crippen LogP contribution in [0.5, 0.6) is 0 Å². The van der Waals surface area contributed by atoms with Crippen LogP contribution in [-0.4, -0.2) is 51.9 Å². The van der Waals surface area contributed by atoms with Gasteiger partial charge >= 0.3 is 0 Å². The molecule has 3 aromatic heterocycles. The molecule has 0 spiro atoms. The molecule has 170 valence electrons. The highest BCUT2D eigenvalue weighted by Gasteiger charge is 2.31. The van der Waals surface area contributed by atoms with Crippen molar-refractivity contribution in [3.05, 3.63) is 17.5 Å². The lowest BCUT2D eigenvalue weighted by Gasteiger charge is -2.32. The number of anilines is 2. The van der Waals surface area contributed by atoms with E-state index in [2.05, 4.69) is 41.4 Å². The fraction of sp³-hybridized carbons (Fsp3) is 0.583. The van der Waals surface area contributed by atoms with Crippen LogP contribution in [0.3, 0.4) is 0 Å². The van der Waals surface area contributed by atoms with Gasteiger partial charge in [-0.1, -0.05) is 13.8 Å². The van der Waals surface area contributed by atoms with Crippen LogP contribution in [0.2, 0.25) is 0 Å². The van der Waals surface area contributed by atoms with Gasteiger partial charge in [-0.05, 0) is 55.6 Å². The molecule has 0 radical (unpaired) electrons. The SMILES string of the molecule is CCNc1nc2oc3c(NCCCN4CCCC4=O)ncnc3c2c2c1CCC(C)(C)C2. The lowest BCUT2D eigenvalue weighted by atomic mass is 9.74. The van der Waals surface area contributed by atoms with Crippen LogP contribution < -0.4 is 10.6 Å². The Labute approximate surface area is 188 Å². The summed E-state index contributed by atoms with van der Waals surface area (Å²) in [5.74, 6) is 1.89. The number of likely N-dealkylation sites (tertiary alicyclic amines) is 1. The van der Waals surface area contributed by atoms with Crippen LogP contribution in [0.25, 0.3) is 22.2 Å². The first-order chi connectivity index (χ1) is 15.5. The summed E-state index contributed by atoms with van der Waals surface area (Å²) in [6, 6.07) is 0. The molecule has 1 fully saturated rings. The van der Waals surface area contributed by atoms with Gasteiger partial charge < -0.3 is 20.0 Å². The van der Waals surface area contributed by atoms with E-state index in [-0.39, 0.29) is 11.3 Å². The maximum Gasteiger partial charge on any atom is 0.231 e. The molecule has 0 aromatic carbocycles. The van der Waals surface area contributed by atoms with Crippen molar-refractivity contribution >= 4 is 39.7 Å². The van der Waals surface area contributed by atoms with Gasteiger partial charge in [0.2, 0.25) is 11.6 Å². The molecule has 0 unspecified atom stereocenters. The maximum absolute atomic E-state index is 11.8. The maximum atomic E-state index is 11.8. The Morgan fingerprint density at radius 2 is 2.03 bits per heavy atom. The molecule has 2 N–H and O–H groups in total. The number of nitrogens with one attached hydrogen (secondary N) is 2. The van der Waals surface area contributed by atoms with Gasteiger partial charge in [0, 0.05) is 32.6 Å². The summed E-state index contributed by atoms with van der Waals surface area (Å²) < 4.78 is 6.25. The van der Waals surface area contributed by atoms with E-state index in [0.717, 1.165) is 68.5 Å². The van der Waals surface area contributed by atoms with Crippen LogP contribution >= 0.6 is 0 Å². The minimum absolute atomic E-state index is 0.232. The van der Waals surface area contributed by atoms with Gasteiger partial charge in [0.15, 0.2) is 11.4 Å². The molecule has 0 atom stereocenters. The second-order valence-corrected chi connectivity index (χ2v) is 9.74. The summed E-state index contributed by atoms with van der Waals surface area (Å²) in [5, 5.41) is 7.85. The third-order valence-electron chi connectivity index (χ3n) is 6.74. The lowest BCUT2D eigenvalue weighted by Crippen LogP contribution is -2.27. The number of fused-ring (bicyclic) bond motifs is 5. The molecule has 1 saturated heterocycles. The molecule has 4 heterocycles. The number of amides is 1. The molecule has 1 aliphatic carbocycles. The first-order valence-corrected chi connectivity index (χ1v) is 11.8. The van der Waals surface area contributed by atoms with E-state index in [9.17, 15) is 4.79 Å². The van der Waals surface area contributed by atoms with Gasteiger partial charge in [0.05, 0.1) is 5.39 Å². The van der Waals surface area contributed by atoms with Crippen molar-refractivity contribution in [3.8, 4) is 0 Å². The van der Waals surface area contributed by atoms with E-state index in [0.29, 0.717) is 30.1 Å². The van der Waals surface area contributed by atoms with Crippen molar-refractivity contribution in [2.24, 2.45) is 5.41 Å². The van der Waals surface area contributed by atoms with Gasteiger partial charge in [-0.15, -0.1) is 0 Å². The highest BCUT2D eigenvalue weighted by atomic mass is 16.3. The summed E-state index contributed by atoms with van der Waals surface area (Å²) in [7, 11) is 0. The number of carbonyl (C=O) groups excluding carboxylic acids is 1. The minimum atomic E-state index is 0.232. The topological polar surface area (TPSA) is 96.2 Å². The molecule has 0 saturated carbocycles. The predicted octanol–water partition coefficient (Wildman–Crippen LogP) is 4.14. The van der Waals surface area contributed by atoms with Crippen LogP contribution in [0.4, 0.5) is 11.6 Å². The van der Waals surface area contributed by atoms with Crippen LogP contribution in [0, 0.1) is 5.41 Å². The van der Waals surface area contributed by atoms with E-state index >= 15 is 0 Å². The summed E-state index contributed by atoms with van der Waals surface area (Å²) in [6.07, 6.45) is 7.24. The van der Waals surface area contributed by atoms with Gasteiger partial charge in [0.1, 0.15) is 17.7 Å². The average Bonchev–Trinajstić information content (AvgIpc) is 3.34. The Hall–Kier alpha value is -2.90. The molecule has 5 rings (SSSR count). The third kappa shape index (κ3) is 3.76. The number of pyridine rings is 1. The highest BCUT2D eigenvalue weighted by Crippen LogP contribution is 2.43. The van der Waals surface area contributed by atoms with Crippen molar-refractivity contribution in [3.63, 3.8) is 0 Å². The van der Waals surface area contributed by atoms with E-state index in [1.165, 1.54) is 11.1 Å².